The Labute approximate surface area is 46.9 Å². The molecule has 0 aliphatic rings. The van der Waals surface area contributed by atoms with Gasteiger partial charge in [0.1, 0.15) is 0 Å². The lowest BCUT2D eigenvalue weighted by atomic mass is 9.96. The van der Waals surface area contributed by atoms with Crippen LogP contribution in [0.2, 0.25) is 0 Å². The van der Waals surface area contributed by atoms with Gasteiger partial charge in [0, 0.05) is 0 Å². The summed E-state index contributed by atoms with van der Waals surface area (Å²) in [5.41, 5.74) is 0. The molecule has 0 bridgehead atoms. The summed E-state index contributed by atoms with van der Waals surface area (Å²) < 4.78 is 0. The Balaban J connectivity index is 3.14. The Morgan fingerprint density at radius 2 is 1.86 bits per heavy atom. The molecule has 43 valence electrons. The minimum atomic E-state index is 0.653. The zero-order chi connectivity index (χ0) is 5.86. The fourth-order valence-corrected chi connectivity index (χ4v) is 0.471. The van der Waals surface area contributed by atoms with Gasteiger partial charge in [-0.2, -0.15) is 0 Å². The zero-order valence-electron chi connectivity index (χ0n) is 5.57. The van der Waals surface area contributed by atoms with Crippen LogP contribution in [0.3, 0.4) is 0 Å². The van der Waals surface area contributed by atoms with Crippen molar-refractivity contribution in [3.63, 3.8) is 0 Å². The van der Waals surface area contributed by atoms with E-state index >= 15 is 0 Å². The lowest BCUT2D eigenvalue weighted by Crippen LogP contribution is -2.00. The van der Waals surface area contributed by atoms with Crippen molar-refractivity contribution in [3.8, 4) is 0 Å². The van der Waals surface area contributed by atoms with Crippen molar-refractivity contribution >= 4 is 0 Å². The Hall–Kier alpha value is 0. The molecule has 0 saturated carbocycles. The quantitative estimate of drug-likeness (QED) is 0.499. The molecule has 0 aromatic carbocycles. The Morgan fingerprint density at radius 3 is 1.86 bits per heavy atom. The number of hydrogen-bond acceptors (Lipinski definition) is 0. The van der Waals surface area contributed by atoms with Crippen molar-refractivity contribution in [1.29, 1.82) is 0 Å². The molecule has 0 heteroatoms. The molecule has 0 aromatic rings. The van der Waals surface area contributed by atoms with Gasteiger partial charge >= 0.3 is 0 Å². The SMILES string of the molecule is [CH2]C(CC)C(C)C. The first-order chi connectivity index (χ1) is 3.18. The van der Waals surface area contributed by atoms with Gasteiger partial charge in [0.05, 0.1) is 0 Å². The van der Waals surface area contributed by atoms with Gasteiger partial charge in [-0.05, 0) is 18.8 Å². The first kappa shape index (κ1) is 7.00. The molecule has 7 heavy (non-hydrogen) atoms. The van der Waals surface area contributed by atoms with Gasteiger partial charge in [-0.1, -0.05) is 27.2 Å². The molecule has 0 aliphatic heterocycles. The third-order valence-corrected chi connectivity index (χ3v) is 1.47. The molecule has 0 heterocycles. The molecule has 1 unspecified atom stereocenters. The van der Waals surface area contributed by atoms with E-state index in [9.17, 15) is 0 Å². The monoisotopic (exact) mass is 99.1 g/mol. The highest BCUT2D eigenvalue weighted by atomic mass is 14.1. The number of rotatable bonds is 2. The van der Waals surface area contributed by atoms with Crippen LogP contribution < -0.4 is 0 Å². The highest BCUT2D eigenvalue weighted by Crippen LogP contribution is 2.11. The minimum absolute atomic E-state index is 0.653. The second kappa shape index (κ2) is 3.06. The van der Waals surface area contributed by atoms with Gasteiger partial charge in [0.25, 0.3) is 0 Å². The predicted octanol–water partition coefficient (Wildman–Crippen LogP) is 2.50. The van der Waals surface area contributed by atoms with Crippen molar-refractivity contribution in [1.82, 2.24) is 0 Å². The van der Waals surface area contributed by atoms with Crippen LogP contribution >= 0.6 is 0 Å². The normalized spacial score (nSPS) is 15.0. The number of hydrogen-bond donors (Lipinski definition) is 0. The van der Waals surface area contributed by atoms with E-state index in [4.69, 9.17) is 0 Å². The maximum atomic E-state index is 3.96. The molecule has 0 saturated heterocycles. The standard InChI is InChI=1S/C7H15/c1-5-7(4)6(2)3/h6-7H,4-5H2,1-3H3. The summed E-state index contributed by atoms with van der Waals surface area (Å²) in [4.78, 5) is 0. The maximum absolute atomic E-state index is 3.96. The van der Waals surface area contributed by atoms with Crippen LogP contribution in [-0.2, 0) is 0 Å². The fraction of sp³-hybridized carbons (Fsp3) is 0.857. The van der Waals surface area contributed by atoms with Crippen molar-refractivity contribution in [2.75, 3.05) is 0 Å². The molecule has 0 rings (SSSR count). The maximum Gasteiger partial charge on any atom is -0.0394 e. The van der Waals surface area contributed by atoms with Gasteiger partial charge in [-0.15, -0.1) is 0 Å². The van der Waals surface area contributed by atoms with Gasteiger partial charge < -0.3 is 0 Å². The van der Waals surface area contributed by atoms with Crippen LogP contribution in [0.15, 0.2) is 0 Å². The summed E-state index contributed by atoms with van der Waals surface area (Å²) in [7, 11) is 0. The van der Waals surface area contributed by atoms with E-state index < -0.39 is 0 Å². The topological polar surface area (TPSA) is 0 Å². The van der Waals surface area contributed by atoms with E-state index in [0.717, 1.165) is 5.92 Å². The second-order valence-electron chi connectivity index (χ2n) is 2.41. The summed E-state index contributed by atoms with van der Waals surface area (Å²) in [5, 5.41) is 0. The molecule has 1 radical (unpaired) electrons. The lowest BCUT2D eigenvalue weighted by molar-refractivity contribution is 0.449. The van der Waals surface area contributed by atoms with Crippen molar-refractivity contribution in [2.45, 2.75) is 27.2 Å². The second-order valence-corrected chi connectivity index (χ2v) is 2.41. The van der Waals surface area contributed by atoms with E-state index in [-0.39, 0.29) is 0 Å². The molecule has 0 fully saturated rings. The van der Waals surface area contributed by atoms with Crippen LogP contribution in [0.1, 0.15) is 27.2 Å². The zero-order valence-corrected chi connectivity index (χ0v) is 5.57. The molecule has 0 spiro atoms. The first-order valence-electron chi connectivity index (χ1n) is 3.01. The highest BCUT2D eigenvalue weighted by molar-refractivity contribution is 4.61. The largest absolute Gasteiger partial charge is 0.0651 e. The van der Waals surface area contributed by atoms with Gasteiger partial charge in [-0.25, -0.2) is 0 Å². The predicted molar refractivity (Wildman–Crippen MR) is 34.0 cm³/mol. The van der Waals surface area contributed by atoms with E-state index in [2.05, 4.69) is 27.7 Å². The van der Waals surface area contributed by atoms with Crippen LogP contribution in [-0.4, -0.2) is 0 Å². The molecular weight excluding hydrogens is 84.1 g/mol. The third kappa shape index (κ3) is 2.67. The smallest absolute Gasteiger partial charge is 0.0394 e. The van der Waals surface area contributed by atoms with E-state index in [1.165, 1.54) is 6.42 Å². The van der Waals surface area contributed by atoms with Crippen LogP contribution in [0.5, 0.6) is 0 Å². The average Bonchev–Trinajstić information content (AvgIpc) is 1.65. The van der Waals surface area contributed by atoms with Crippen molar-refractivity contribution in [3.05, 3.63) is 6.92 Å². The van der Waals surface area contributed by atoms with E-state index in [1.54, 1.807) is 0 Å². The van der Waals surface area contributed by atoms with Gasteiger partial charge in [-0.3, -0.25) is 0 Å². The van der Waals surface area contributed by atoms with Gasteiger partial charge in [0.15, 0.2) is 0 Å². The van der Waals surface area contributed by atoms with Gasteiger partial charge in [0.2, 0.25) is 0 Å². The van der Waals surface area contributed by atoms with Crippen LogP contribution in [0, 0.1) is 18.8 Å². The third-order valence-electron chi connectivity index (χ3n) is 1.47. The summed E-state index contributed by atoms with van der Waals surface area (Å²) in [5.74, 6) is 1.41. The Kier molecular flexibility index (Phi) is 3.06. The molecular formula is C7H15. The summed E-state index contributed by atoms with van der Waals surface area (Å²) in [6.45, 7) is 10.6. The summed E-state index contributed by atoms with van der Waals surface area (Å²) in [6.07, 6.45) is 1.21. The van der Waals surface area contributed by atoms with E-state index in [0.29, 0.717) is 5.92 Å². The van der Waals surface area contributed by atoms with Crippen molar-refractivity contribution in [2.24, 2.45) is 11.8 Å². The van der Waals surface area contributed by atoms with Crippen LogP contribution in [0.4, 0.5) is 0 Å². The average molecular weight is 99.2 g/mol. The minimum Gasteiger partial charge on any atom is -0.0651 e. The Bertz CT molecular complexity index is 37.3. The molecule has 0 aromatic heterocycles. The molecule has 0 aliphatic carbocycles. The Morgan fingerprint density at radius 1 is 1.43 bits per heavy atom. The fourth-order valence-electron chi connectivity index (χ4n) is 0.471. The van der Waals surface area contributed by atoms with E-state index in [1.807, 2.05) is 0 Å². The van der Waals surface area contributed by atoms with Crippen molar-refractivity contribution < 1.29 is 0 Å². The summed E-state index contributed by atoms with van der Waals surface area (Å²) in [6, 6.07) is 0. The molecule has 0 N–H and O–H groups in total. The van der Waals surface area contributed by atoms with Crippen LogP contribution in [0.25, 0.3) is 0 Å². The molecule has 0 nitrogen and oxygen atoms in total. The molecule has 1 atom stereocenters. The highest BCUT2D eigenvalue weighted by Gasteiger charge is 2.01. The molecule has 0 amide bonds. The lowest BCUT2D eigenvalue weighted by Gasteiger charge is -2.10. The summed E-state index contributed by atoms with van der Waals surface area (Å²) >= 11 is 0. The first-order valence-corrected chi connectivity index (χ1v) is 3.01.